The Labute approximate surface area is 141 Å². The van der Waals surface area contributed by atoms with E-state index in [9.17, 15) is 18.0 Å². The van der Waals surface area contributed by atoms with Crippen LogP contribution in [0.3, 0.4) is 0 Å². The van der Waals surface area contributed by atoms with E-state index in [4.69, 9.17) is 4.52 Å². The number of hydrogen-bond donors (Lipinski definition) is 0. The first-order valence-corrected chi connectivity index (χ1v) is 7.54. The molecule has 1 heterocycles. The van der Waals surface area contributed by atoms with E-state index in [0.717, 1.165) is 23.1 Å². The van der Waals surface area contributed by atoms with Crippen LogP contribution in [0.4, 0.5) is 18.9 Å². The van der Waals surface area contributed by atoms with Gasteiger partial charge in [0.05, 0.1) is 12.0 Å². The second-order valence-electron chi connectivity index (χ2n) is 5.81. The van der Waals surface area contributed by atoms with Gasteiger partial charge < -0.3 is 9.42 Å². The van der Waals surface area contributed by atoms with Gasteiger partial charge in [-0.3, -0.25) is 4.79 Å². The molecular formula is C18H15F3N2O2. The van der Waals surface area contributed by atoms with Crippen molar-refractivity contribution < 1.29 is 22.5 Å². The molecule has 0 N–H and O–H groups in total. The highest BCUT2D eigenvalue weighted by Gasteiger charge is 2.31. The summed E-state index contributed by atoms with van der Waals surface area (Å²) in [6.45, 7) is 1.91. The van der Waals surface area contributed by atoms with Crippen LogP contribution >= 0.6 is 0 Å². The Morgan fingerprint density at radius 1 is 1.20 bits per heavy atom. The topological polar surface area (TPSA) is 46.3 Å². The van der Waals surface area contributed by atoms with Gasteiger partial charge in [-0.25, -0.2) is 0 Å². The van der Waals surface area contributed by atoms with Crippen LogP contribution in [0.1, 0.15) is 16.8 Å². The van der Waals surface area contributed by atoms with Gasteiger partial charge in [-0.15, -0.1) is 0 Å². The van der Waals surface area contributed by atoms with Crippen LogP contribution in [0.15, 0.2) is 47.0 Å². The SMILES string of the molecule is Cc1ccc2onc(CC(=O)N(C)c3cccc(C(F)(F)F)c3)c2c1. The van der Waals surface area contributed by atoms with Crippen molar-refractivity contribution >= 4 is 22.6 Å². The third kappa shape index (κ3) is 3.50. The van der Waals surface area contributed by atoms with E-state index in [1.54, 1.807) is 6.07 Å². The van der Waals surface area contributed by atoms with Crippen LogP contribution in [0.2, 0.25) is 0 Å². The molecule has 0 saturated carbocycles. The minimum absolute atomic E-state index is 0.0663. The van der Waals surface area contributed by atoms with Gasteiger partial charge in [0.1, 0.15) is 5.69 Å². The van der Waals surface area contributed by atoms with Crippen molar-refractivity contribution in [3.05, 3.63) is 59.3 Å². The number of carbonyl (C=O) groups is 1. The smallest absolute Gasteiger partial charge is 0.356 e. The highest BCUT2D eigenvalue weighted by atomic mass is 19.4. The molecule has 0 bridgehead atoms. The lowest BCUT2D eigenvalue weighted by atomic mass is 10.1. The van der Waals surface area contributed by atoms with Crippen LogP contribution in [0.5, 0.6) is 0 Å². The number of carbonyl (C=O) groups excluding carboxylic acids is 1. The molecule has 0 unspecified atom stereocenters. The van der Waals surface area contributed by atoms with Crippen molar-refractivity contribution in [3.63, 3.8) is 0 Å². The highest BCUT2D eigenvalue weighted by molar-refractivity contribution is 5.96. The number of hydrogen-bond acceptors (Lipinski definition) is 3. The minimum Gasteiger partial charge on any atom is -0.356 e. The maximum atomic E-state index is 12.8. The molecular weight excluding hydrogens is 333 g/mol. The third-order valence-electron chi connectivity index (χ3n) is 3.95. The monoisotopic (exact) mass is 348 g/mol. The summed E-state index contributed by atoms with van der Waals surface area (Å²) in [5.41, 5.74) is 1.39. The van der Waals surface area contributed by atoms with Crippen molar-refractivity contribution in [2.24, 2.45) is 0 Å². The molecule has 0 atom stereocenters. The van der Waals surface area contributed by atoms with Gasteiger partial charge >= 0.3 is 6.18 Å². The van der Waals surface area contributed by atoms with Gasteiger partial charge in [0, 0.05) is 18.1 Å². The number of rotatable bonds is 3. The number of aromatic nitrogens is 1. The zero-order valence-electron chi connectivity index (χ0n) is 13.6. The molecule has 0 aliphatic rings. The lowest BCUT2D eigenvalue weighted by Gasteiger charge is -2.18. The molecule has 0 aliphatic carbocycles. The standard InChI is InChI=1S/C18H15F3N2O2/c1-11-6-7-16-14(8-11)15(22-25-16)10-17(24)23(2)13-5-3-4-12(9-13)18(19,20)21/h3-9H,10H2,1-2H3. The number of aryl methyl sites for hydroxylation is 1. The fourth-order valence-corrected chi connectivity index (χ4v) is 2.53. The summed E-state index contributed by atoms with van der Waals surface area (Å²) < 4.78 is 43.7. The fourth-order valence-electron chi connectivity index (χ4n) is 2.53. The number of fused-ring (bicyclic) bond motifs is 1. The first kappa shape index (κ1) is 17.0. The molecule has 3 rings (SSSR count). The van der Waals surface area contributed by atoms with E-state index in [1.165, 1.54) is 24.1 Å². The summed E-state index contributed by atoms with van der Waals surface area (Å²) in [6, 6.07) is 10.1. The number of amides is 1. The normalized spacial score (nSPS) is 11.7. The molecule has 1 amide bonds. The first-order chi connectivity index (χ1) is 11.8. The maximum Gasteiger partial charge on any atom is 0.416 e. The molecule has 25 heavy (non-hydrogen) atoms. The quantitative estimate of drug-likeness (QED) is 0.706. The predicted octanol–water partition coefficient (Wildman–Crippen LogP) is 4.36. The Morgan fingerprint density at radius 2 is 1.96 bits per heavy atom. The average Bonchev–Trinajstić information content (AvgIpc) is 2.95. The lowest BCUT2D eigenvalue weighted by Crippen LogP contribution is -2.28. The molecule has 0 saturated heterocycles. The van der Waals surface area contributed by atoms with Gasteiger partial charge in [-0.1, -0.05) is 22.9 Å². The fraction of sp³-hybridized carbons (Fsp3) is 0.222. The molecule has 0 fully saturated rings. The molecule has 2 aromatic carbocycles. The second kappa shape index (κ2) is 6.23. The van der Waals surface area contributed by atoms with Crippen molar-refractivity contribution in [1.29, 1.82) is 0 Å². The average molecular weight is 348 g/mol. The van der Waals surface area contributed by atoms with Crippen LogP contribution < -0.4 is 4.90 Å². The Kier molecular flexibility index (Phi) is 4.24. The van der Waals surface area contributed by atoms with Crippen LogP contribution in [0.25, 0.3) is 11.0 Å². The van der Waals surface area contributed by atoms with Gasteiger partial charge in [0.25, 0.3) is 0 Å². The zero-order chi connectivity index (χ0) is 18.2. The van der Waals surface area contributed by atoms with Gasteiger partial charge in [0.15, 0.2) is 5.58 Å². The Balaban J connectivity index is 1.84. The Morgan fingerprint density at radius 3 is 2.68 bits per heavy atom. The number of halogens is 3. The van der Waals surface area contributed by atoms with Crippen LogP contribution in [-0.4, -0.2) is 18.1 Å². The van der Waals surface area contributed by atoms with Crippen molar-refractivity contribution in [2.75, 3.05) is 11.9 Å². The molecule has 130 valence electrons. The predicted molar refractivity (Wildman–Crippen MR) is 87.3 cm³/mol. The van der Waals surface area contributed by atoms with Crippen LogP contribution in [-0.2, 0) is 17.4 Å². The number of nitrogens with zero attached hydrogens (tertiary/aromatic N) is 2. The molecule has 0 spiro atoms. The van der Waals surface area contributed by atoms with E-state index in [-0.39, 0.29) is 18.0 Å². The summed E-state index contributed by atoms with van der Waals surface area (Å²) in [7, 11) is 1.44. The number of alkyl halides is 3. The number of anilines is 1. The van der Waals surface area contributed by atoms with Gasteiger partial charge in [-0.2, -0.15) is 13.2 Å². The lowest BCUT2D eigenvalue weighted by molar-refractivity contribution is -0.137. The minimum atomic E-state index is -4.46. The van der Waals surface area contributed by atoms with Crippen LogP contribution in [0, 0.1) is 6.92 Å². The molecule has 4 nitrogen and oxygen atoms in total. The van der Waals surface area contributed by atoms with E-state index < -0.39 is 11.7 Å². The first-order valence-electron chi connectivity index (χ1n) is 7.54. The van der Waals surface area contributed by atoms with Gasteiger partial charge in [0.2, 0.25) is 5.91 Å². The van der Waals surface area contributed by atoms with Crippen molar-refractivity contribution in [1.82, 2.24) is 5.16 Å². The van der Waals surface area contributed by atoms with E-state index in [0.29, 0.717) is 11.3 Å². The maximum absolute atomic E-state index is 12.8. The summed E-state index contributed by atoms with van der Waals surface area (Å²) in [6.07, 6.45) is -4.52. The largest absolute Gasteiger partial charge is 0.416 e. The molecule has 1 aromatic heterocycles. The van der Waals surface area contributed by atoms with Crippen molar-refractivity contribution in [2.45, 2.75) is 19.5 Å². The van der Waals surface area contributed by atoms with Crippen molar-refractivity contribution in [3.8, 4) is 0 Å². The summed E-state index contributed by atoms with van der Waals surface area (Å²) in [5, 5.41) is 4.63. The van der Waals surface area contributed by atoms with E-state index in [1.807, 2.05) is 19.1 Å². The second-order valence-corrected chi connectivity index (χ2v) is 5.81. The Hall–Kier alpha value is -2.83. The summed E-state index contributed by atoms with van der Waals surface area (Å²) in [4.78, 5) is 13.6. The van der Waals surface area contributed by atoms with Gasteiger partial charge in [-0.05, 0) is 37.3 Å². The zero-order valence-corrected chi connectivity index (χ0v) is 13.6. The third-order valence-corrected chi connectivity index (χ3v) is 3.95. The summed E-state index contributed by atoms with van der Waals surface area (Å²) in [5.74, 6) is -0.379. The number of benzene rings is 2. The molecule has 3 aromatic rings. The molecule has 7 heteroatoms. The molecule has 0 aliphatic heterocycles. The molecule has 0 radical (unpaired) electrons. The highest BCUT2D eigenvalue weighted by Crippen LogP contribution is 2.31. The Bertz CT molecular complexity index is 931. The number of likely N-dealkylation sites (N-methyl/N-ethyl adjacent to an activating group) is 1. The van der Waals surface area contributed by atoms with E-state index in [2.05, 4.69) is 5.16 Å². The summed E-state index contributed by atoms with van der Waals surface area (Å²) >= 11 is 0. The van der Waals surface area contributed by atoms with E-state index >= 15 is 0 Å².